The lowest BCUT2D eigenvalue weighted by Gasteiger charge is -2.32. The number of nitro groups is 1. The Hall–Kier alpha value is -4.49. The van der Waals surface area contributed by atoms with Gasteiger partial charge in [-0.05, 0) is 106 Å². The predicted molar refractivity (Wildman–Crippen MR) is 155 cm³/mol. The van der Waals surface area contributed by atoms with Crippen LogP contribution in [0.1, 0.15) is 24.0 Å². The van der Waals surface area contributed by atoms with Crippen molar-refractivity contribution in [2.45, 2.75) is 44.8 Å². The standard InChI is InChI=1S/C30H28ClF3N4O6/c31-29-35-28(38(40)41)18-37(29)15-13-22(39)19-42-26-11-12-27-21(16-26)2-1-14-36(27)17-20-3-5-23(6-4-20)43-24-7-9-25(10-8-24)44-30(32,33)34/h3-12,16,18,22,39H,1-2,13-15,17,19H2/t22-/m1/s1. The highest BCUT2D eigenvalue weighted by Crippen LogP contribution is 2.33. The number of aromatic nitrogens is 2. The number of benzene rings is 3. The summed E-state index contributed by atoms with van der Waals surface area (Å²) in [5.41, 5.74) is 3.30. The predicted octanol–water partition coefficient (Wildman–Crippen LogP) is 6.92. The van der Waals surface area contributed by atoms with Crippen LogP contribution >= 0.6 is 11.6 Å². The van der Waals surface area contributed by atoms with Gasteiger partial charge in [0.1, 0.15) is 35.8 Å². The number of rotatable bonds is 12. The zero-order valence-electron chi connectivity index (χ0n) is 23.2. The molecule has 10 nitrogen and oxygen atoms in total. The number of aliphatic hydroxyl groups excluding tert-OH is 1. The molecule has 14 heteroatoms. The van der Waals surface area contributed by atoms with E-state index in [1.165, 1.54) is 35.0 Å². The molecule has 44 heavy (non-hydrogen) atoms. The first-order chi connectivity index (χ1) is 21.0. The fourth-order valence-electron chi connectivity index (χ4n) is 4.82. The first-order valence-corrected chi connectivity index (χ1v) is 14.1. The highest BCUT2D eigenvalue weighted by atomic mass is 35.5. The molecule has 2 heterocycles. The summed E-state index contributed by atoms with van der Waals surface area (Å²) >= 11 is 5.93. The molecule has 1 N–H and O–H groups in total. The summed E-state index contributed by atoms with van der Waals surface area (Å²) in [7, 11) is 0. The molecule has 1 aliphatic heterocycles. The minimum absolute atomic E-state index is 0.0135. The van der Waals surface area contributed by atoms with Gasteiger partial charge in [0, 0.05) is 25.3 Å². The smallest absolute Gasteiger partial charge is 0.491 e. The minimum atomic E-state index is -4.75. The van der Waals surface area contributed by atoms with Crippen LogP contribution in [0.15, 0.2) is 72.9 Å². The van der Waals surface area contributed by atoms with Gasteiger partial charge in [0.05, 0.1) is 6.10 Å². The summed E-state index contributed by atoms with van der Waals surface area (Å²) in [5, 5.41) is 21.2. The van der Waals surface area contributed by atoms with Crippen LogP contribution in [0.25, 0.3) is 0 Å². The molecule has 0 saturated heterocycles. The van der Waals surface area contributed by atoms with Crippen LogP contribution in [-0.2, 0) is 19.5 Å². The topological polar surface area (TPSA) is 112 Å². The molecule has 1 aromatic heterocycles. The number of imidazole rings is 1. The van der Waals surface area contributed by atoms with Gasteiger partial charge >= 0.3 is 17.5 Å². The summed E-state index contributed by atoms with van der Waals surface area (Å²) in [5.74, 6) is 0.913. The summed E-state index contributed by atoms with van der Waals surface area (Å²) in [4.78, 5) is 16.2. The number of nitrogens with zero attached hydrogens (tertiary/aromatic N) is 4. The first kappa shape index (κ1) is 31.0. The number of fused-ring (bicyclic) bond motifs is 1. The zero-order valence-corrected chi connectivity index (χ0v) is 24.0. The van der Waals surface area contributed by atoms with E-state index in [0.717, 1.165) is 36.2 Å². The largest absolute Gasteiger partial charge is 0.573 e. The number of halogens is 4. The molecular formula is C30H28ClF3N4O6. The first-order valence-electron chi connectivity index (χ1n) is 13.7. The van der Waals surface area contributed by atoms with E-state index in [-0.39, 0.29) is 36.4 Å². The van der Waals surface area contributed by atoms with Crippen molar-refractivity contribution in [2.75, 3.05) is 18.1 Å². The summed E-state index contributed by atoms with van der Waals surface area (Å²) in [6.07, 6.45) is -2.19. The Morgan fingerprint density at radius 3 is 2.34 bits per heavy atom. The highest BCUT2D eigenvalue weighted by Gasteiger charge is 2.31. The monoisotopic (exact) mass is 632 g/mol. The third kappa shape index (κ3) is 8.32. The maximum atomic E-state index is 12.4. The molecule has 4 aromatic rings. The number of hydrogen-bond acceptors (Lipinski definition) is 8. The molecule has 0 fully saturated rings. The van der Waals surface area contributed by atoms with Crippen molar-refractivity contribution in [1.29, 1.82) is 0 Å². The van der Waals surface area contributed by atoms with Gasteiger partial charge in [-0.15, -0.1) is 13.2 Å². The molecule has 1 atom stereocenters. The zero-order chi connectivity index (χ0) is 31.3. The average Bonchev–Trinajstić information content (AvgIpc) is 3.37. The lowest BCUT2D eigenvalue weighted by atomic mass is 10.0. The Labute approximate surface area is 255 Å². The second-order valence-electron chi connectivity index (χ2n) is 10.2. The van der Waals surface area contributed by atoms with Gasteiger partial charge in [-0.3, -0.25) is 4.57 Å². The van der Waals surface area contributed by atoms with Gasteiger partial charge in [-0.2, -0.15) is 0 Å². The molecule has 0 bridgehead atoms. The fraction of sp³-hybridized carbons (Fsp3) is 0.300. The summed E-state index contributed by atoms with van der Waals surface area (Å²) in [6, 6.07) is 18.6. The van der Waals surface area contributed by atoms with Crippen LogP contribution in [0.2, 0.25) is 5.28 Å². The fourth-order valence-corrected chi connectivity index (χ4v) is 5.04. The van der Waals surface area contributed by atoms with Crippen LogP contribution in [-0.4, -0.2) is 45.2 Å². The van der Waals surface area contributed by atoms with Crippen LogP contribution < -0.4 is 19.1 Å². The molecule has 3 aromatic carbocycles. The molecule has 0 unspecified atom stereocenters. The van der Waals surface area contributed by atoms with E-state index in [0.29, 0.717) is 23.8 Å². The quantitative estimate of drug-likeness (QED) is 0.132. The molecule has 0 amide bonds. The van der Waals surface area contributed by atoms with Crippen LogP contribution in [0, 0.1) is 10.1 Å². The number of aryl methyl sites for hydroxylation is 2. The maximum Gasteiger partial charge on any atom is 0.573 e. The normalized spacial score (nSPS) is 13.7. The van der Waals surface area contributed by atoms with E-state index in [2.05, 4.69) is 14.6 Å². The Morgan fingerprint density at radius 1 is 1.02 bits per heavy atom. The SMILES string of the molecule is O=[N+]([O-])c1cn(CC[C@@H](O)COc2ccc3c(c2)CCCN3Cc2ccc(Oc3ccc(OC(F)(F)F)cc3)cc2)c(Cl)n1. The molecule has 0 aliphatic carbocycles. The van der Waals surface area contributed by atoms with Gasteiger partial charge in [0.25, 0.3) is 0 Å². The Balaban J connectivity index is 1.12. The van der Waals surface area contributed by atoms with E-state index < -0.39 is 17.4 Å². The molecular weight excluding hydrogens is 605 g/mol. The van der Waals surface area contributed by atoms with Crippen molar-refractivity contribution in [3.05, 3.63) is 99.5 Å². The summed E-state index contributed by atoms with van der Waals surface area (Å²) < 4.78 is 54.0. The second-order valence-corrected chi connectivity index (χ2v) is 10.5. The molecule has 0 radical (unpaired) electrons. The van der Waals surface area contributed by atoms with Gasteiger partial charge in [0.15, 0.2) is 0 Å². The number of anilines is 1. The van der Waals surface area contributed by atoms with Crippen molar-refractivity contribution < 1.29 is 37.4 Å². The van der Waals surface area contributed by atoms with Crippen molar-refractivity contribution in [3.8, 4) is 23.0 Å². The molecule has 232 valence electrons. The molecule has 0 spiro atoms. The van der Waals surface area contributed by atoms with Crippen LogP contribution in [0.3, 0.4) is 0 Å². The van der Waals surface area contributed by atoms with E-state index in [1.807, 2.05) is 42.5 Å². The van der Waals surface area contributed by atoms with Gasteiger partial charge in [0.2, 0.25) is 0 Å². The molecule has 5 rings (SSSR count). The van der Waals surface area contributed by atoms with Gasteiger partial charge < -0.3 is 34.3 Å². The number of ether oxygens (including phenoxy) is 3. The van der Waals surface area contributed by atoms with E-state index in [9.17, 15) is 28.4 Å². The van der Waals surface area contributed by atoms with E-state index in [4.69, 9.17) is 21.1 Å². The maximum absolute atomic E-state index is 12.4. The lowest BCUT2D eigenvalue weighted by molar-refractivity contribution is -0.389. The van der Waals surface area contributed by atoms with Crippen LogP contribution in [0.4, 0.5) is 24.7 Å². The third-order valence-corrected chi connectivity index (χ3v) is 7.21. The van der Waals surface area contributed by atoms with Gasteiger partial charge in [-0.25, -0.2) is 0 Å². The average molecular weight is 633 g/mol. The van der Waals surface area contributed by atoms with Crippen molar-refractivity contribution in [3.63, 3.8) is 0 Å². The molecule has 0 saturated carbocycles. The number of alkyl halides is 3. The minimum Gasteiger partial charge on any atom is -0.491 e. The molecule has 1 aliphatic rings. The van der Waals surface area contributed by atoms with E-state index in [1.54, 1.807) is 0 Å². The number of aliphatic hydroxyl groups is 1. The Kier molecular flexibility index (Phi) is 9.45. The Morgan fingerprint density at radius 2 is 1.68 bits per heavy atom. The van der Waals surface area contributed by atoms with Crippen LogP contribution in [0.5, 0.6) is 23.0 Å². The van der Waals surface area contributed by atoms with Crippen molar-refractivity contribution in [1.82, 2.24) is 9.55 Å². The van der Waals surface area contributed by atoms with Crippen molar-refractivity contribution >= 4 is 23.1 Å². The second kappa shape index (κ2) is 13.4. The van der Waals surface area contributed by atoms with E-state index >= 15 is 0 Å². The Bertz CT molecular complexity index is 1580. The lowest BCUT2D eigenvalue weighted by Crippen LogP contribution is -2.28. The highest BCUT2D eigenvalue weighted by molar-refractivity contribution is 6.28. The summed E-state index contributed by atoms with van der Waals surface area (Å²) in [6.45, 7) is 1.86. The third-order valence-electron chi connectivity index (χ3n) is 6.90. The van der Waals surface area contributed by atoms with Crippen molar-refractivity contribution in [2.24, 2.45) is 0 Å². The number of hydrogen-bond donors (Lipinski definition) is 1. The van der Waals surface area contributed by atoms with Gasteiger partial charge in [-0.1, -0.05) is 12.1 Å².